The van der Waals surface area contributed by atoms with Gasteiger partial charge in [0.05, 0.1) is 0 Å². The molecule has 23 heavy (non-hydrogen) atoms. The lowest BCUT2D eigenvalue weighted by Crippen LogP contribution is -1.74. The monoisotopic (exact) mass is 367 g/mol. The quantitative estimate of drug-likeness (QED) is 0.431. The predicted octanol–water partition coefficient (Wildman–Crippen LogP) is 4.48. The van der Waals surface area contributed by atoms with E-state index >= 15 is 0 Å². The molecule has 0 spiro atoms. The Hall–Kier alpha value is -2.12. The first-order valence-corrected chi connectivity index (χ1v) is 9.33. The maximum absolute atomic E-state index is 9.30. The van der Waals surface area contributed by atoms with Crippen LogP contribution in [0.2, 0.25) is 0 Å². The molecule has 3 aromatic rings. The molecular formula is C14H16N3O3P3. The van der Waals surface area contributed by atoms with Gasteiger partial charge in [-0.25, -0.2) is 0 Å². The number of aromatic nitrogens is 3. The van der Waals surface area contributed by atoms with Gasteiger partial charge < -0.3 is 24.3 Å². The van der Waals surface area contributed by atoms with Crippen molar-refractivity contribution in [1.29, 1.82) is 0 Å². The van der Waals surface area contributed by atoms with Gasteiger partial charge in [-0.05, 0) is 35.4 Å². The van der Waals surface area contributed by atoms with Gasteiger partial charge in [-0.2, -0.15) is 4.51 Å². The average Bonchev–Trinajstić information content (AvgIpc) is 2.56. The third-order valence-corrected chi connectivity index (χ3v) is 5.20. The number of aromatic amines is 2. The van der Waals surface area contributed by atoms with E-state index in [2.05, 4.69) is 13.5 Å². The van der Waals surface area contributed by atoms with Gasteiger partial charge in [0.1, 0.15) is 25.8 Å². The molecule has 2 unspecified atom stereocenters. The van der Waals surface area contributed by atoms with Gasteiger partial charge in [-0.1, -0.05) is 24.3 Å². The van der Waals surface area contributed by atoms with Crippen LogP contribution in [0.5, 0.6) is 17.2 Å². The largest absolute Gasteiger partial charge is 0.508 e. The second-order valence-corrected chi connectivity index (χ2v) is 7.75. The zero-order chi connectivity index (χ0) is 16.5. The van der Waals surface area contributed by atoms with Crippen LogP contribution in [-0.4, -0.2) is 28.8 Å². The topological polar surface area (TPSA) is 105 Å². The van der Waals surface area contributed by atoms with Crippen molar-refractivity contribution < 1.29 is 15.3 Å². The predicted molar refractivity (Wildman–Crippen MR) is 98.9 cm³/mol. The molecule has 0 fully saturated rings. The summed E-state index contributed by atoms with van der Waals surface area (Å²) in [6.45, 7) is 0. The summed E-state index contributed by atoms with van der Waals surface area (Å²) in [5.41, 5.74) is 1.63. The molecule has 0 aliphatic heterocycles. The van der Waals surface area contributed by atoms with Crippen LogP contribution >= 0.6 is 25.5 Å². The van der Waals surface area contributed by atoms with Crippen molar-refractivity contribution in [3.63, 3.8) is 0 Å². The SMILES string of the molecule is Oc1ccc(C=Cc2cc(O)cc(O)c2)cc1.n1p[nH][pH][nH][pH]1. The number of nitrogens with one attached hydrogen (secondary N) is 2. The summed E-state index contributed by atoms with van der Waals surface area (Å²) >= 11 is 0. The fourth-order valence-electron chi connectivity index (χ4n) is 1.65. The summed E-state index contributed by atoms with van der Waals surface area (Å²) in [7, 11) is 2.36. The smallest absolute Gasteiger partial charge is 0.138 e. The third-order valence-electron chi connectivity index (χ3n) is 2.61. The van der Waals surface area contributed by atoms with Crippen LogP contribution in [-0.2, 0) is 0 Å². The summed E-state index contributed by atoms with van der Waals surface area (Å²) in [5, 5.41) is 27.7. The minimum atomic E-state index is 0.0235. The van der Waals surface area contributed by atoms with E-state index in [0.717, 1.165) is 14.1 Å². The second kappa shape index (κ2) is 9.12. The van der Waals surface area contributed by atoms with Crippen molar-refractivity contribution in [2.45, 2.75) is 0 Å². The molecule has 0 aliphatic rings. The maximum atomic E-state index is 9.30. The molecule has 1 aromatic heterocycles. The normalized spacial score (nSPS) is 11.1. The van der Waals surface area contributed by atoms with Crippen LogP contribution < -0.4 is 0 Å². The van der Waals surface area contributed by atoms with Crippen molar-refractivity contribution in [1.82, 2.24) is 13.5 Å². The highest BCUT2D eigenvalue weighted by atomic mass is 31.1. The first-order chi connectivity index (χ1) is 11.1. The Labute approximate surface area is 137 Å². The van der Waals surface area contributed by atoms with E-state index in [1.807, 2.05) is 6.08 Å². The summed E-state index contributed by atoms with van der Waals surface area (Å²) in [4.78, 5) is 0. The maximum Gasteiger partial charge on any atom is 0.138 e. The lowest BCUT2D eigenvalue weighted by molar-refractivity contribution is 0.450. The molecule has 3 rings (SSSR count). The third kappa shape index (κ3) is 6.66. The number of benzene rings is 2. The molecule has 0 saturated heterocycles. The number of nitrogens with zero attached hydrogens (tertiary/aromatic N) is 1. The van der Waals surface area contributed by atoms with Gasteiger partial charge in [0, 0.05) is 23.1 Å². The first-order valence-electron chi connectivity index (χ1n) is 6.53. The molecule has 9 heteroatoms. The van der Waals surface area contributed by atoms with E-state index in [0.29, 0.717) is 22.6 Å². The van der Waals surface area contributed by atoms with E-state index in [-0.39, 0.29) is 17.2 Å². The molecule has 0 saturated carbocycles. The van der Waals surface area contributed by atoms with Gasteiger partial charge in [0.25, 0.3) is 0 Å². The first kappa shape index (κ1) is 17.2. The molecule has 6 nitrogen and oxygen atoms in total. The summed E-state index contributed by atoms with van der Waals surface area (Å²) in [6.07, 6.45) is 3.60. The summed E-state index contributed by atoms with van der Waals surface area (Å²) in [6, 6.07) is 11.1. The lowest BCUT2D eigenvalue weighted by Gasteiger charge is -1.98. The van der Waals surface area contributed by atoms with Crippen LogP contribution in [0.4, 0.5) is 0 Å². The number of hydrogen-bond donors (Lipinski definition) is 5. The van der Waals surface area contributed by atoms with Crippen molar-refractivity contribution in [3.8, 4) is 17.2 Å². The molecule has 0 radical (unpaired) electrons. The van der Waals surface area contributed by atoms with E-state index in [9.17, 15) is 10.2 Å². The molecule has 120 valence electrons. The lowest BCUT2D eigenvalue weighted by atomic mass is 10.1. The van der Waals surface area contributed by atoms with E-state index in [1.165, 1.54) is 6.07 Å². The Morgan fingerprint density at radius 3 is 2.00 bits per heavy atom. The van der Waals surface area contributed by atoms with Crippen LogP contribution in [0.1, 0.15) is 11.1 Å². The van der Waals surface area contributed by atoms with Crippen molar-refractivity contribution >= 4 is 37.7 Å². The van der Waals surface area contributed by atoms with Crippen molar-refractivity contribution in [2.24, 2.45) is 0 Å². The summed E-state index contributed by atoms with van der Waals surface area (Å²) < 4.78 is 10.0. The Morgan fingerprint density at radius 2 is 1.52 bits per heavy atom. The minimum absolute atomic E-state index is 0.0235. The standard InChI is InChI=1S/C14H12O3.H4N3P3/c15-12-5-3-10(4-6-12)1-2-11-7-13(16)9-14(17)8-11;1-4-2-6-3-5-1/h1-9,15-17H;1,4-5H,(H,2,3). The van der Waals surface area contributed by atoms with Gasteiger partial charge in [0.15, 0.2) is 0 Å². The van der Waals surface area contributed by atoms with Gasteiger partial charge in [-0.15, -0.1) is 0 Å². The van der Waals surface area contributed by atoms with E-state index < -0.39 is 0 Å². The van der Waals surface area contributed by atoms with Gasteiger partial charge >= 0.3 is 0 Å². The molecule has 0 bridgehead atoms. The Bertz CT molecular complexity index is 724. The van der Waals surface area contributed by atoms with Crippen molar-refractivity contribution in [3.05, 3.63) is 53.6 Å². The number of phenolic OH excluding ortho intramolecular Hbond substituents is 3. The second-order valence-electron chi connectivity index (χ2n) is 4.38. The van der Waals surface area contributed by atoms with Crippen LogP contribution in [0, 0.1) is 0 Å². The fourth-order valence-corrected chi connectivity index (χ4v) is 4.30. The number of hydrogen-bond acceptors (Lipinski definition) is 4. The van der Waals surface area contributed by atoms with E-state index in [1.54, 1.807) is 42.5 Å². The molecule has 2 aromatic carbocycles. The molecule has 0 aliphatic carbocycles. The Balaban J connectivity index is 0.000000268. The van der Waals surface area contributed by atoms with Crippen LogP contribution in [0.25, 0.3) is 12.2 Å². The van der Waals surface area contributed by atoms with Gasteiger partial charge in [-0.3, -0.25) is 0 Å². The highest BCUT2D eigenvalue weighted by molar-refractivity contribution is 7.43. The number of aromatic hydroxyl groups is 3. The Kier molecular flexibility index (Phi) is 6.83. The zero-order valence-corrected chi connectivity index (χ0v) is 14.8. The molecule has 1 heterocycles. The average molecular weight is 367 g/mol. The Morgan fingerprint density at radius 1 is 0.870 bits per heavy atom. The molecule has 0 amide bonds. The number of phenols is 3. The van der Waals surface area contributed by atoms with Crippen molar-refractivity contribution in [2.75, 3.05) is 0 Å². The molecule has 5 N–H and O–H groups in total. The molecule has 2 atom stereocenters. The highest BCUT2D eigenvalue weighted by Crippen LogP contribution is 2.22. The number of H-pyrrole nitrogens is 2. The van der Waals surface area contributed by atoms with Gasteiger partial charge in [0.2, 0.25) is 0 Å². The van der Waals surface area contributed by atoms with E-state index in [4.69, 9.17) is 5.11 Å². The summed E-state index contributed by atoms with van der Waals surface area (Å²) in [5.74, 6) is 0.267. The molecular weight excluding hydrogens is 351 g/mol. The number of rotatable bonds is 2. The van der Waals surface area contributed by atoms with Crippen LogP contribution in [0.3, 0.4) is 0 Å². The highest BCUT2D eigenvalue weighted by Gasteiger charge is 1.95. The fraction of sp³-hybridized carbons (Fsp3) is 0. The van der Waals surface area contributed by atoms with Crippen LogP contribution in [0.15, 0.2) is 42.5 Å². The zero-order valence-electron chi connectivity index (χ0n) is 11.9. The minimum Gasteiger partial charge on any atom is -0.508 e.